The first-order valence-electron chi connectivity index (χ1n) is 5.86. The third-order valence-electron chi connectivity index (χ3n) is 2.26. The molecule has 1 atom stereocenters. The number of hydrogen-bond donors (Lipinski definition) is 3. The first-order chi connectivity index (χ1) is 8.61. The summed E-state index contributed by atoms with van der Waals surface area (Å²) in [6, 6.07) is -1.36. The molecule has 0 rings (SSSR count). The number of carbonyl (C=O) groups excluding carboxylic acids is 1. The van der Waals surface area contributed by atoms with Crippen molar-refractivity contribution < 1.29 is 24.2 Å². The number of carboxylic acids is 1. The summed E-state index contributed by atoms with van der Waals surface area (Å²) in [4.78, 5) is 22.3. The molecule has 0 aromatic rings. The van der Waals surface area contributed by atoms with Crippen molar-refractivity contribution in [3.63, 3.8) is 0 Å². The highest BCUT2D eigenvalue weighted by Crippen LogP contribution is 1.98. The van der Waals surface area contributed by atoms with Crippen LogP contribution >= 0.6 is 0 Å². The number of carboxylic acid groups (broad SMARTS) is 1. The van der Waals surface area contributed by atoms with Gasteiger partial charge in [-0.05, 0) is 19.3 Å². The highest BCUT2D eigenvalue weighted by atomic mass is 16.5. The fourth-order valence-electron chi connectivity index (χ4n) is 1.32. The van der Waals surface area contributed by atoms with E-state index in [1.54, 1.807) is 14.2 Å². The normalized spacial score (nSPS) is 11.9. The van der Waals surface area contributed by atoms with Crippen molar-refractivity contribution in [2.24, 2.45) is 0 Å². The molecule has 0 aliphatic carbocycles. The largest absolute Gasteiger partial charge is 0.480 e. The molecular formula is C11H22N2O5. The number of amides is 2. The highest BCUT2D eigenvalue weighted by molar-refractivity contribution is 5.82. The molecule has 0 aromatic carbocycles. The minimum Gasteiger partial charge on any atom is -0.480 e. The summed E-state index contributed by atoms with van der Waals surface area (Å²) >= 11 is 0. The SMILES string of the molecule is COCCCNC(=O)NC(CCCOC)C(=O)O. The van der Waals surface area contributed by atoms with E-state index in [9.17, 15) is 9.59 Å². The average molecular weight is 262 g/mol. The first-order valence-corrected chi connectivity index (χ1v) is 5.86. The van der Waals surface area contributed by atoms with Crippen molar-refractivity contribution in [3.05, 3.63) is 0 Å². The number of urea groups is 1. The average Bonchev–Trinajstić information content (AvgIpc) is 2.33. The van der Waals surface area contributed by atoms with Gasteiger partial charge in [0.05, 0.1) is 0 Å². The molecule has 18 heavy (non-hydrogen) atoms. The molecule has 0 aromatic heterocycles. The Balaban J connectivity index is 3.85. The summed E-state index contributed by atoms with van der Waals surface area (Å²) in [5.74, 6) is -1.04. The summed E-state index contributed by atoms with van der Waals surface area (Å²) in [5, 5.41) is 13.9. The monoisotopic (exact) mass is 262 g/mol. The van der Waals surface area contributed by atoms with Crippen molar-refractivity contribution >= 4 is 12.0 Å². The van der Waals surface area contributed by atoms with E-state index >= 15 is 0 Å². The molecule has 2 amide bonds. The number of nitrogens with one attached hydrogen (secondary N) is 2. The Hall–Kier alpha value is -1.34. The molecule has 0 bridgehead atoms. The fraction of sp³-hybridized carbons (Fsp3) is 0.818. The lowest BCUT2D eigenvalue weighted by molar-refractivity contribution is -0.139. The second-order valence-electron chi connectivity index (χ2n) is 3.77. The fourth-order valence-corrected chi connectivity index (χ4v) is 1.32. The molecule has 0 aliphatic heterocycles. The number of ether oxygens (including phenoxy) is 2. The first kappa shape index (κ1) is 16.7. The molecule has 0 radical (unpaired) electrons. The van der Waals surface area contributed by atoms with Crippen LogP contribution in [0.5, 0.6) is 0 Å². The summed E-state index contributed by atoms with van der Waals surface area (Å²) < 4.78 is 9.66. The third kappa shape index (κ3) is 8.77. The lowest BCUT2D eigenvalue weighted by atomic mass is 10.1. The molecule has 7 heteroatoms. The highest BCUT2D eigenvalue weighted by Gasteiger charge is 2.18. The van der Waals surface area contributed by atoms with Crippen LogP contribution in [-0.4, -0.2) is 57.1 Å². The zero-order chi connectivity index (χ0) is 13.8. The van der Waals surface area contributed by atoms with Crippen molar-refractivity contribution in [3.8, 4) is 0 Å². The third-order valence-corrected chi connectivity index (χ3v) is 2.26. The smallest absolute Gasteiger partial charge is 0.326 e. The van der Waals surface area contributed by atoms with E-state index in [0.717, 1.165) is 0 Å². The zero-order valence-electron chi connectivity index (χ0n) is 10.9. The van der Waals surface area contributed by atoms with Gasteiger partial charge in [-0.3, -0.25) is 0 Å². The maximum Gasteiger partial charge on any atom is 0.326 e. The number of rotatable bonds is 10. The zero-order valence-corrected chi connectivity index (χ0v) is 10.9. The van der Waals surface area contributed by atoms with Crippen LogP contribution in [0.2, 0.25) is 0 Å². The van der Waals surface area contributed by atoms with Gasteiger partial charge >= 0.3 is 12.0 Å². The predicted octanol–water partition coefficient (Wildman–Crippen LogP) is 0.202. The number of aliphatic carboxylic acids is 1. The van der Waals surface area contributed by atoms with Gasteiger partial charge in [-0.25, -0.2) is 9.59 Å². The van der Waals surface area contributed by atoms with Gasteiger partial charge in [-0.2, -0.15) is 0 Å². The van der Waals surface area contributed by atoms with E-state index in [2.05, 4.69) is 10.6 Å². The molecule has 0 saturated carbocycles. The van der Waals surface area contributed by atoms with Crippen LogP contribution in [0.15, 0.2) is 0 Å². The standard InChI is InChI=1S/C11H22N2O5/c1-17-7-3-5-9(10(14)15)13-11(16)12-6-4-8-18-2/h9H,3-8H2,1-2H3,(H,14,15)(H2,12,13,16). The Kier molecular flexibility index (Phi) is 9.99. The van der Waals surface area contributed by atoms with Gasteiger partial charge < -0.3 is 25.2 Å². The Labute approximate surface area is 107 Å². The van der Waals surface area contributed by atoms with Crippen LogP contribution in [0.4, 0.5) is 4.79 Å². The van der Waals surface area contributed by atoms with E-state index in [0.29, 0.717) is 39.0 Å². The van der Waals surface area contributed by atoms with E-state index in [1.165, 1.54) is 0 Å². The van der Waals surface area contributed by atoms with Crippen molar-refractivity contribution in [2.45, 2.75) is 25.3 Å². The molecule has 0 fully saturated rings. The predicted molar refractivity (Wildman–Crippen MR) is 65.6 cm³/mol. The van der Waals surface area contributed by atoms with Gasteiger partial charge in [-0.1, -0.05) is 0 Å². The molecule has 0 aliphatic rings. The molecule has 7 nitrogen and oxygen atoms in total. The Bertz CT molecular complexity index is 248. The molecule has 106 valence electrons. The second kappa shape index (κ2) is 10.8. The van der Waals surface area contributed by atoms with Gasteiger partial charge in [0, 0.05) is 34.0 Å². The second-order valence-corrected chi connectivity index (χ2v) is 3.77. The molecule has 0 spiro atoms. The molecular weight excluding hydrogens is 240 g/mol. The van der Waals surface area contributed by atoms with Crippen molar-refractivity contribution in [1.29, 1.82) is 0 Å². The van der Waals surface area contributed by atoms with Crippen molar-refractivity contribution in [1.82, 2.24) is 10.6 Å². The molecule has 3 N–H and O–H groups in total. The summed E-state index contributed by atoms with van der Waals surface area (Å²) in [5.41, 5.74) is 0. The topological polar surface area (TPSA) is 96.9 Å². The molecule has 0 saturated heterocycles. The van der Waals surface area contributed by atoms with Gasteiger partial charge in [-0.15, -0.1) is 0 Å². The number of carbonyl (C=O) groups is 2. The Morgan fingerprint density at radius 3 is 2.33 bits per heavy atom. The van der Waals surface area contributed by atoms with Crippen LogP contribution in [0.25, 0.3) is 0 Å². The molecule has 0 heterocycles. The summed E-state index contributed by atoms with van der Waals surface area (Å²) in [7, 11) is 3.13. The van der Waals surface area contributed by atoms with Crippen molar-refractivity contribution in [2.75, 3.05) is 34.0 Å². The molecule has 1 unspecified atom stereocenters. The number of hydrogen-bond acceptors (Lipinski definition) is 4. The lowest BCUT2D eigenvalue weighted by Gasteiger charge is -2.14. The maximum atomic E-state index is 11.4. The van der Waals surface area contributed by atoms with Gasteiger partial charge in [0.25, 0.3) is 0 Å². The van der Waals surface area contributed by atoms with E-state index in [1.807, 2.05) is 0 Å². The minimum atomic E-state index is -1.04. The van der Waals surface area contributed by atoms with E-state index in [4.69, 9.17) is 14.6 Å². The minimum absolute atomic E-state index is 0.342. The quantitative estimate of drug-likeness (QED) is 0.489. The lowest BCUT2D eigenvalue weighted by Crippen LogP contribution is -2.46. The van der Waals surface area contributed by atoms with Gasteiger partial charge in [0.2, 0.25) is 0 Å². The maximum absolute atomic E-state index is 11.4. The van der Waals surface area contributed by atoms with Crippen LogP contribution < -0.4 is 10.6 Å². The van der Waals surface area contributed by atoms with Crippen LogP contribution in [0, 0.1) is 0 Å². The number of methoxy groups -OCH3 is 2. The van der Waals surface area contributed by atoms with E-state index < -0.39 is 18.0 Å². The summed E-state index contributed by atoms with van der Waals surface area (Å²) in [6.07, 6.45) is 1.61. The van der Waals surface area contributed by atoms with Gasteiger partial charge in [0.15, 0.2) is 0 Å². The van der Waals surface area contributed by atoms with Crippen LogP contribution in [0.3, 0.4) is 0 Å². The van der Waals surface area contributed by atoms with E-state index in [-0.39, 0.29) is 0 Å². The summed E-state index contributed by atoms with van der Waals surface area (Å²) in [6.45, 7) is 1.47. The van der Waals surface area contributed by atoms with Gasteiger partial charge in [0.1, 0.15) is 6.04 Å². The van der Waals surface area contributed by atoms with Crippen LogP contribution in [0.1, 0.15) is 19.3 Å². The Morgan fingerprint density at radius 2 is 1.78 bits per heavy atom. The Morgan fingerprint density at radius 1 is 1.17 bits per heavy atom. The van der Waals surface area contributed by atoms with Crippen LogP contribution in [-0.2, 0) is 14.3 Å².